The molecule has 1 spiro atoms. The highest BCUT2D eigenvalue weighted by atomic mass is 14.9. The van der Waals surface area contributed by atoms with Gasteiger partial charge >= 0.3 is 0 Å². The Kier molecular flexibility index (Phi) is 3.82. The van der Waals surface area contributed by atoms with E-state index in [2.05, 4.69) is 89.7 Å². The van der Waals surface area contributed by atoms with Gasteiger partial charge in [0.25, 0.3) is 0 Å². The van der Waals surface area contributed by atoms with Crippen LogP contribution in [0.15, 0.2) is 55.1 Å². The molecule has 0 aliphatic heterocycles. The van der Waals surface area contributed by atoms with Crippen LogP contribution in [0, 0.1) is 0 Å². The van der Waals surface area contributed by atoms with Gasteiger partial charge in [-0.2, -0.15) is 0 Å². The molecule has 1 heteroatoms. The van der Waals surface area contributed by atoms with Crippen molar-refractivity contribution in [2.75, 3.05) is 0 Å². The van der Waals surface area contributed by atoms with E-state index < -0.39 is 0 Å². The Morgan fingerprint density at radius 2 is 1.78 bits per heavy atom. The second kappa shape index (κ2) is 5.58. The molecule has 0 saturated heterocycles. The second-order valence-electron chi connectivity index (χ2n) is 9.51. The highest BCUT2D eigenvalue weighted by molar-refractivity contribution is 5.76. The fraction of sp³-hybridized carbons (Fsp3) is 0.462. The van der Waals surface area contributed by atoms with Gasteiger partial charge in [-0.05, 0) is 47.1 Å². The summed E-state index contributed by atoms with van der Waals surface area (Å²) in [6.07, 6.45) is 5.22. The Labute approximate surface area is 164 Å². The van der Waals surface area contributed by atoms with Gasteiger partial charge < -0.3 is 5.73 Å². The van der Waals surface area contributed by atoms with E-state index in [0.717, 1.165) is 19.3 Å². The number of fused-ring (bicyclic) bond motifs is 5. The first-order valence-electron chi connectivity index (χ1n) is 10.4. The van der Waals surface area contributed by atoms with Crippen molar-refractivity contribution < 1.29 is 0 Å². The molecule has 2 aliphatic rings. The minimum absolute atomic E-state index is 0.0104. The highest BCUT2D eigenvalue weighted by Crippen LogP contribution is 2.71. The lowest BCUT2D eigenvalue weighted by Crippen LogP contribution is -2.47. The summed E-state index contributed by atoms with van der Waals surface area (Å²) < 4.78 is 0. The zero-order valence-electron chi connectivity index (χ0n) is 17.5. The number of hydrogen-bond donors (Lipinski definition) is 1. The van der Waals surface area contributed by atoms with Crippen LogP contribution in [0.3, 0.4) is 0 Å². The molecule has 3 unspecified atom stereocenters. The minimum atomic E-state index is -0.153. The molecule has 3 atom stereocenters. The van der Waals surface area contributed by atoms with E-state index in [1.807, 2.05) is 0 Å². The van der Waals surface area contributed by atoms with Crippen LogP contribution in [0.5, 0.6) is 0 Å². The van der Waals surface area contributed by atoms with E-state index in [4.69, 9.17) is 5.73 Å². The third-order valence-corrected chi connectivity index (χ3v) is 8.10. The molecule has 0 radical (unpaired) electrons. The molecule has 2 aromatic carbocycles. The smallest absolute Gasteiger partial charge is 0.0268 e. The van der Waals surface area contributed by atoms with Gasteiger partial charge in [0.2, 0.25) is 0 Å². The predicted molar refractivity (Wildman–Crippen MR) is 116 cm³/mol. The maximum absolute atomic E-state index is 7.10. The molecule has 0 amide bonds. The van der Waals surface area contributed by atoms with Crippen LogP contribution in [0.2, 0.25) is 0 Å². The van der Waals surface area contributed by atoms with E-state index in [-0.39, 0.29) is 21.8 Å². The van der Waals surface area contributed by atoms with Gasteiger partial charge in [0.05, 0.1) is 0 Å². The van der Waals surface area contributed by atoms with Gasteiger partial charge in [0, 0.05) is 21.8 Å². The fourth-order valence-corrected chi connectivity index (χ4v) is 5.94. The summed E-state index contributed by atoms with van der Waals surface area (Å²) in [6, 6.07) is 16.1. The standard InChI is InChI=1S/C26H33N/c1-7-23(4,5)21-15-14-18-16-22(21)26(17-25(26,27)9-3)24(6,8-2)20-13-11-10-12-19(18)20/h7,10-16H,1,8-9,17,27H2,2-6H3. The fourth-order valence-electron chi connectivity index (χ4n) is 5.94. The Bertz CT molecular complexity index is 924. The van der Waals surface area contributed by atoms with Crippen LogP contribution in [0.25, 0.3) is 11.1 Å². The van der Waals surface area contributed by atoms with Crippen molar-refractivity contribution in [3.63, 3.8) is 0 Å². The van der Waals surface area contributed by atoms with Crippen LogP contribution in [0.4, 0.5) is 0 Å². The minimum Gasteiger partial charge on any atom is -0.324 e. The largest absolute Gasteiger partial charge is 0.324 e. The lowest BCUT2D eigenvalue weighted by Gasteiger charge is -2.43. The summed E-state index contributed by atoms with van der Waals surface area (Å²) in [5.41, 5.74) is 13.8. The SMILES string of the molecule is C=CC(C)(C)c1ccc2cc1C1(CC1(N)CC)C(C)(CC)c1ccccc1-2. The molecule has 0 heterocycles. The topological polar surface area (TPSA) is 26.0 Å². The molecule has 1 saturated carbocycles. The monoisotopic (exact) mass is 359 g/mol. The average molecular weight is 360 g/mol. The van der Waals surface area contributed by atoms with Gasteiger partial charge in [-0.3, -0.25) is 0 Å². The first kappa shape index (κ1) is 18.5. The molecule has 2 aliphatic carbocycles. The molecule has 2 aromatic rings. The first-order valence-corrected chi connectivity index (χ1v) is 10.4. The zero-order valence-corrected chi connectivity index (χ0v) is 17.5. The van der Waals surface area contributed by atoms with Crippen LogP contribution in [-0.4, -0.2) is 5.54 Å². The van der Waals surface area contributed by atoms with E-state index in [1.165, 1.54) is 27.8 Å². The average Bonchev–Trinajstić information content (AvgIpc) is 3.35. The van der Waals surface area contributed by atoms with Gasteiger partial charge in [0.15, 0.2) is 0 Å². The molecule has 1 fully saturated rings. The summed E-state index contributed by atoms with van der Waals surface area (Å²) in [4.78, 5) is 0. The molecular weight excluding hydrogens is 326 g/mol. The lowest BCUT2D eigenvalue weighted by molar-refractivity contribution is 0.299. The lowest BCUT2D eigenvalue weighted by atomic mass is 9.61. The number of rotatable bonds is 4. The summed E-state index contributed by atoms with van der Waals surface area (Å²) in [7, 11) is 0. The van der Waals surface area contributed by atoms with Crippen molar-refractivity contribution in [2.45, 2.75) is 75.7 Å². The Morgan fingerprint density at radius 3 is 2.37 bits per heavy atom. The van der Waals surface area contributed by atoms with E-state index in [1.54, 1.807) is 0 Å². The second-order valence-corrected chi connectivity index (χ2v) is 9.51. The molecule has 0 aromatic heterocycles. The predicted octanol–water partition coefficient (Wildman–Crippen LogP) is 6.25. The molecule has 142 valence electrons. The summed E-state index contributed by atoms with van der Waals surface area (Å²) in [5, 5.41) is 0. The van der Waals surface area contributed by atoms with Crippen LogP contribution >= 0.6 is 0 Å². The van der Waals surface area contributed by atoms with Gasteiger partial charge in [-0.15, -0.1) is 6.58 Å². The molecule has 1 nitrogen and oxygen atoms in total. The third kappa shape index (κ3) is 2.10. The van der Waals surface area contributed by atoms with Crippen molar-refractivity contribution in [2.24, 2.45) is 5.73 Å². The molecule has 2 bridgehead atoms. The maximum Gasteiger partial charge on any atom is 0.0268 e. The van der Waals surface area contributed by atoms with Gasteiger partial charge in [0.1, 0.15) is 0 Å². The van der Waals surface area contributed by atoms with Crippen molar-refractivity contribution in [1.82, 2.24) is 0 Å². The zero-order chi connectivity index (χ0) is 19.7. The number of allylic oxidation sites excluding steroid dienone is 1. The highest BCUT2D eigenvalue weighted by Gasteiger charge is 2.73. The van der Waals surface area contributed by atoms with Crippen LogP contribution in [-0.2, 0) is 16.2 Å². The normalized spacial score (nSPS) is 31.3. The van der Waals surface area contributed by atoms with Crippen LogP contribution in [0.1, 0.15) is 70.6 Å². The number of hydrogen-bond acceptors (Lipinski definition) is 1. The van der Waals surface area contributed by atoms with Crippen molar-refractivity contribution >= 4 is 0 Å². The maximum atomic E-state index is 7.10. The van der Waals surface area contributed by atoms with Gasteiger partial charge in [-0.25, -0.2) is 0 Å². The number of nitrogens with two attached hydrogens (primary N) is 1. The summed E-state index contributed by atoms with van der Waals surface area (Å²) in [6.45, 7) is 15.7. The van der Waals surface area contributed by atoms with E-state index >= 15 is 0 Å². The van der Waals surface area contributed by atoms with E-state index in [0.29, 0.717) is 0 Å². The van der Waals surface area contributed by atoms with Crippen molar-refractivity contribution in [1.29, 1.82) is 0 Å². The third-order valence-electron chi connectivity index (χ3n) is 8.10. The van der Waals surface area contributed by atoms with Gasteiger partial charge in [-0.1, -0.05) is 83.2 Å². The molecule has 2 N–H and O–H groups in total. The molecular formula is C26H33N. The summed E-state index contributed by atoms with van der Waals surface area (Å²) >= 11 is 0. The Morgan fingerprint density at radius 1 is 1.07 bits per heavy atom. The summed E-state index contributed by atoms with van der Waals surface area (Å²) in [5.74, 6) is 0. The quantitative estimate of drug-likeness (QED) is 0.642. The van der Waals surface area contributed by atoms with E-state index in [9.17, 15) is 0 Å². The molecule has 4 rings (SSSR count). The Hall–Kier alpha value is -1.86. The first-order chi connectivity index (χ1) is 12.7. The van der Waals surface area contributed by atoms with Crippen molar-refractivity contribution in [3.05, 3.63) is 71.8 Å². The Balaban J connectivity index is 2.14. The molecule has 27 heavy (non-hydrogen) atoms. The van der Waals surface area contributed by atoms with Crippen LogP contribution < -0.4 is 5.73 Å². The van der Waals surface area contributed by atoms with Crippen molar-refractivity contribution in [3.8, 4) is 11.1 Å². The number of benzene rings is 2.